The highest BCUT2D eigenvalue weighted by atomic mass is 127. The molecule has 1 aromatic carbocycles. The van der Waals surface area contributed by atoms with Crippen LogP contribution in [0.5, 0.6) is 5.75 Å². The van der Waals surface area contributed by atoms with Gasteiger partial charge in [-0.2, -0.15) is 13.2 Å². The Labute approximate surface area is 109 Å². The van der Waals surface area contributed by atoms with Gasteiger partial charge in [0.05, 0.1) is 7.11 Å². The Morgan fingerprint density at radius 3 is 2.47 bits per heavy atom. The Balaban J connectivity index is 2.75. The minimum atomic E-state index is -4.44. The Hall–Kier alpha value is -1.05. The van der Waals surface area contributed by atoms with E-state index in [1.54, 1.807) is 12.1 Å². The first-order chi connectivity index (χ1) is 7.93. The molecule has 0 spiro atoms. The van der Waals surface area contributed by atoms with Crippen LogP contribution in [-0.4, -0.2) is 12.1 Å². The maximum atomic E-state index is 12.5. The number of nitrogens with zero attached hydrogens (tertiary/aromatic N) is 1. The van der Waals surface area contributed by atoms with Crippen LogP contribution in [0.4, 0.5) is 13.2 Å². The summed E-state index contributed by atoms with van der Waals surface area (Å²) in [6.07, 6.45) is -4.44. The summed E-state index contributed by atoms with van der Waals surface area (Å²) in [5.74, 6) is 0.339. The largest absolute Gasteiger partial charge is 0.494 e. The van der Waals surface area contributed by atoms with Crippen LogP contribution in [0.2, 0.25) is 0 Å². The monoisotopic (exact) mass is 353 g/mol. The van der Waals surface area contributed by atoms with Crippen LogP contribution in [0.3, 0.4) is 0 Å². The Bertz CT molecular complexity index is 568. The van der Waals surface area contributed by atoms with Crippen LogP contribution in [-0.2, 0) is 6.18 Å². The third kappa shape index (κ3) is 2.31. The lowest BCUT2D eigenvalue weighted by Crippen LogP contribution is -2.08. The predicted molar refractivity (Wildman–Crippen MR) is 66.0 cm³/mol. The summed E-state index contributed by atoms with van der Waals surface area (Å²) in [6.45, 7) is 0. The molecule has 0 aliphatic carbocycles. The van der Waals surface area contributed by atoms with E-state index in [4.69, 9.17) is 4.74 Å². The highest BCUT2D eigenvalue weighted by molar-refractivity contribution is 14.1. The molecule has 0 N–H and O–H groups in total. The highest BCUT2D eigenvalue weighted by Crippen LogP contribution is 2.33. The molecule has 0 saturated heterocycles. The van der Waals surface area contributed by atoms with Crippen molar-refractivity contribution in [2.45, 2.75) is 6.18 Å². The lowest BCUT2D eigenvalue weighted by Gasteiger charge is -2.10. The zero-order valence-electron chi connectivity index (χ0n) is 8.68. The van der Waals surface area contributed by atoms with E-state index in [1.165, 1.54) is 13.2 Å². The van der Waals surface area contributed by atoms with Gasteiger partial charge in [0, 0.05) is 8.96 Å². The van der Waals surface area contributed by atoms with Crippen molar-refractivity contribution in [3.05, 3.63) is 33.5 Å². The molecule has 6 heteroatoms. The minimum absolute atomic E-state index is 0.231. The molecule has 0 aliphatic rings. The molecule has 90 valence electrons. The molecule has 0 fully saturated rings. The second-order valence-electron chi connectivity index (χ2n) is 3.34. The van der Waals surface area contributed by atoms with Crippen molar-refractivity contribution in [1.29, 1.82) is 0 Å². The van der Waals surface area contributed by atoms with Crippen molar-refractivity contribution in [1.82, 2.24) is 4.98 Å². The summed E-state index contributed by atoms with van der Waals surface area (Å²) in [6, 6.07) is 5.77. The first kappa shape index (κ1) is 12.4. The smallest absolute Gasteiger partial charge is 0.433 e. The third-order valence-electron chi connectivity index (χ3n) is 2.28. The van der Waals surface area contributed by atoms with E-state index in [9.17, 15) is 13.2 Å². The molecule has 1 heterocycles. The fraction of sp³-hybridized carbons (Fsp3) is 0.182. The van der Waals surface area contributed by atoms with Gasteiger partial charge < -0.3 is 4.74 Å². The van der Waals surface area contributed by atoms with Gasteiger partial charge in [0.15, 0.2) is 0 Å². The summed E-state index contributed by atoms with van der Waals surface area (Å²) in [5, 5.41) is 0.651. The molecular weight excluding hydrogens is 346 g/mol. The molecule has 0 unspecified atom stereocenters. The van der Waals surface area contributed by atoms with E-state index < -0.39 is 11.9 Å². The van der Waals surface area contributed by atoms with Gasteiger partial charge in [-0.25, -0.2) is 4.98 Å². The average molecular weight is 353 g/mol. The second kappa shape index (κ2) is 4.32. The van der Waals surface area contributed by atoms with Gasteiger partial charge in [0.2, 0.25) is 0 Å². The quantitative estimate of drug-likeness (QED) is 0.727. The molecule has 2 rings (SSSR count). The minimum Gasteiger partial charge on any atom is -0.494 e. The molecule has 0 aliphatic heterocycles. The zero-order chi connectivity index (χ0) is 12.6. The number of halogens is 4. The van der Waals surface area contributed by atoms with Gasteiger partial charge in [-0.05, 0) is 46.9 Å². The van der Waals surface area contributed by atoms with Crippen molar-refractivity contribution in [3.63, 3.8) is 0 Å². The number of hydrogen-bond acceptors (Lipinski definition) is 2. The van der Waals surface area contributed by atoms with E-state index in [1.807, 2.05) is 22.6 Å². The normalized spacial score (nSPS) is 11.8. The fourth-order valence-corrected chi connectivity index (χ4v) is 2.09. The molecule has 1 aromatic heterocycles. The second-order valence-corrected chi connectivity index (χ2v) is 4.50. The van der Waals surface area contributed by atoms with Crippen LogP contribution in [0, 0.1) is 3.57 Å². The van der Waals surface area contributed by atoms with E-state index in [0.717, 1.165) is 9.64 Å². The molecule has 2 nitrogen and oxygen atoms in total. The lowest BCUT2D eigenvalue weighted by molar-refractivity contribution is -0.140. The van der Waals surface area contributed by atoms with Crippen LogP contribution >= 0.6 is 22.6 Å². The average Bonchev–Trinajstić information content (AvgIpc) is 2.28. The van der Waals surface area contributed by atoms with Gasteiger partial charge in [-0.15, -0.1) is 0 Å². The number of aromatic nitrogens is 1. The molecule has 0 amide bonds. The Kier molecular flexibility index (Phi) is 3.15. The van der Waals surface area contributed by atoms with Gasteiger partial charge in [0.1, 0.15) is 17.0 Å². The number of rotatable bonds is 1. The number of fused-ring (bicyclic) bond motifs is 1. The number of benzene rings is 1. The molecule has 17 heavy (non-hydrogen) atoms. The number of ether oxygens (including phenoxy) is 1. The SMILES string of the molecule is COc1ccc(I)c2ccc(C(F)(F)F)nc12. The maximum absolute atomic E-state index is 12.5. The van der Waals surface area contributed by atoms with Crippen molar-refractivity contribution in [2.24, 2.45) is 0 Å². The third-order valence-corrected chi connectivity index (χ3v) is 3.22. The van der Waals surface area contributed by atoms with E-state index in [0.29, 0.717) is 11.1 Å². The van der Waals surface area contributed by atoms with Crippen molar-refractivity contribution in [3.8, 4) is 5.75 Å². The highest BCUT2D eigenvalue weighted by Gasteiger charge is 2.32. The van der Waals surface area contributed by atoms with Crippen LogP contribution in [0.25, 0.3) is 10.9 Å². The van der Waals surface area contributed by atoms with Gasteiger partial charge in [-0.1, -0.05) is 0 Å². The first-order valence-corrected chi connectivity index (χ1v) is 5.72. The van der Waals surface area contributed by atoms with Crippen molar-refractivity contribution >= 4 is 33.5 Å². The zero-order valence-corrected chi connectivity index (χ0v) is 10.8. The van der Waals surface area contributed by atoms with Crippen molar-refractivity contribution < 1.29 is 17.9 Å². The van der Waals surface area contributed by atoms with E-state index in [2.05, 4.69) is 4.98 Å². The number of methoxy groups -OCH3 is 1. The van der Waals surface area contributed by atoms with Crippen LogP contribution < -0.4 is 4.74 Å². The van der Waals surface area contributed by atoms with Gasteiger partial charge in [-0.3, -0.25) is 0 Å². The van der Waals surface area contributed by atoms with Crippen LogP contribution in [0.1, 0.15) is 5.69 Å². The Morgan fingerprint density at radius 2 is 1.88 bits per heavy atom. The molecular formula is C11H7F3INO. The van der Waals surface area contributed by atoms with Crippen molar-refractivity contribution in [2.75, 3.05) is 7.11 Å². The lowest BCUT2D eigenvalue weighted by atomic mass is 10.2. The summed E-state index contributed by atoms with van der Waals surface area (Å²) in [5.41, 5.74) is -0.681. The number of hydrogen-bond donors (Lipinski definition) is 0. The fourth-order valence-electron chi connectivity index (χ4n) is 1.48. The van der Waals surface area contributed by atoms with E-state index >= 15 is 0 Å². The first-order valence-electron chi connectivity index (χ1n) is 4.64. The predicted octanol–water partition coefficient (Wildman–Crippen LogP) is 3.87. The molecule has 0 saturated carbocycles. The van der Waals surface area contributed by atoms with Gasteiger partial charge >= 0.3 is 6.18 Å². The standard InChI is InChI=1S/C11H7F3INO/c1-17-8-4-3-7(15)6-2-5-9(11(12,13)14)16-10(6)8/h2-5H,1H3. The number of pyridine rings is 1. The van der Waals surface area contributed by atoms with E-state index in [-0.39, 0.29) is 5.52 Å². The van der Waals surface area contributed by atoms with Crippen LogP contribution in [0.15, 0.2) is 24.3 Å². The molecule has 0 atom stereocenters. The number of alkyl halides is 3. The molecule has 0 bridgehead atoms. The van der Waals surface area contributed by atoms with Gasteiger partial charge in [0.25, 0.3) is 0 Å². The summed E-state index contributed by atoms with van der Waals surface area (Å²) in [7, 11) is 1.41. The molecule has 2 aromatic rings. The maximum Gasteiger partial charge on any atom is 0.433 e. The summed E-state index contributed by atoms with van der Waals surface area (Å²) >= 11 is 2.05. The summed E-state index contributed by atoms with van der Waals surface area (Å²) in [4.78, 5) is 3.62. The Morgan fingerprint density at radius 1 is 1.18 bits per heavy atom. The topological polar surface area (TPSA) is 22.1 Å². The summed E-state index contributed by atoms with van der Waals surface area (Å²) < 4.78 is 43.5. The molecule has 0 radical (unpaired) electrons.